The van der Waals surface area contributed by atoms with Crippen LogP contribution in [0.3, 0.4) is 0 Å². The predicted octanol–water partition coefficient (Wildman–Crippen LogP) is 2.79. The molecule has 0 saturated carbocycles. The number of methoxy groups -OCH3 is 1. The highest BCUT2D eigenvalue weighted by molar-refractivity contribution is 6.28. The predicted molar refractivity (Wildman–Crippen MR) is 104 cm³/mol. The minimum atomic E-state index is -0.436. The van der Waals surface area contributed by atoms with Crippen molar-refractivity contribution in [3.05, 3.63) is 40.8 Å². The summed E-state index contributed by atoms with van der Waals surface area (Å²) in [6, 6.07) is 4.57. The highest BCUT2D eigenvalue weighted by atomic mass is 35.5. The first-order valence-electron chi connectivity index (χ1n) is 8.70. The molecule has 1 aliphatic rings. The van der Waals surface area contributed by atoms with Gasteiger partial charge in [0.1, 0.15) is 11.6 Å². The number of ether oxygens (including phenoxy) is 1. The van der Waals surface area contributed by atoms with Crippen LogP contribution in [0.25, 0.3) is 0 Å². The number of urea groups is 1. The molecule has 1 aliphatic heterocycles. The molecule has 0 bridgehead atoms. The fourth-order valence-corrected chi connectivity index (χ4v) is 3.00. The SMILES string of the molecule is CCONC(=O)c1cc(OC)cc(N2Cc3cnc(Cl)nc3N(CC)C2=O)c1. The summed E-state index contributed by atoms with van der Waals surface area (Å²) in [4.78, 5) is 41.6. The van der Waals surface area contributed by atoms with E-state index in [2.05, 4.69) is 15.4 Å². The van der Waals surface area contributed by atoms with Crippen LogP contribution < -0.4 is 20.0 Å². The van der Waals surface area contributed by atoms with E-state index in [1.54, 1.807) is 31.3 Å². The van der Waals surface area contributed by atoms with Gasteiger partial charge in [0.15, 0.2) is 0 Å². The first-order chi connectivity index (χ1) is 13.5. The van der Waals surface area contributed by atoms with Crippen molar-refractivity contribution in [1.82, 2.24) is 15.4 Å². The van der Waals surface area contributed by atoms with Gasteiger partial charge in [-0.3, -0.25) is 19.4 Å². The van der Waals surface area contributed by atoms with Gasteiger partial charge >= 0.3 is 6.03 Å². The molecule has 0 unspecified atom stereocenters. The van der Waals surface area contributed by atoms with Crippen molar-refractivity contribution in [2.45, 2.75) is 20.4 Å². The van der Waals surface area contributed by atoms with Crippen LogP contribution in [-0.4, -0.2) is 42.2 Å². The molecule has 0 atom stereocenters. The van der Waals surface area contributed by atoms with Crippen LogP contribution in [0.5, 0.6) is 5.75 Å². The molecule has 28 heavy (non-hydrogen) atoms. The molecule has 2 aromatic rings. The van der Waals surface area contributed by atoms with Crippen LogP contribution in [0.4, 0.5) is 16.3 Å². The summed E-state index contributed by atoms with van der Waals surface area (Å²) in [7, 11) is 1.49. The third-order valence-electron chi connectivity index (χ3n) is 4.18. The largest absolute Gasteiger partial charge is 0.497 e. The Morgan fingerprint density at radius 2 is 2.11 bits per heavy atom. The number of carbonyl (C=O) groups is 2. The summed E-state index contributed by atoms with van der Waals surface area (Å²) in [5.41, 5.74) is 3.89. The zero-order chi connectivity index (χ0) is 20.3. The lowest BCUT2D eigenvalue weighted by Crippen LogP contribution is -2.48. The van der Waals surface area contributed by atoms with Crippen LogP contribution in [0.1, 0.15) is 29.8 Å². The molecule has 1 aromatic carbocycles. The summed E-state index contributed by atoms with van der Waals surface area (Å²) < 4.78 is 5.30. The average Bonchev–Trinajstić information content (AvgIpc) is 2.71. The van der Waals surface area contributed by atoms with Crippen LogP contribution in [0.15, 0.2) is 24.4 Å². The van der Waals surface area contributed by atoms with E-state index in [1.165, 1.54) is 16.9 Å². The first kappa shape index (κ1) is 19.8. The van der Waals surface area contributed by atoms with E-state index in [1.807, 2.05) is 6.92 Å². The lowest BCUT2D eigenvalue weighted by Gasteiger charge is -2.35. The zero-order valence-electron chi connectivity index (χ0n) is 15.7. The normalized spacial score (nSPS) is 13.4. The number of nitrogens with zero attached hydrogens (tertiary/aromatic N) is 4. The number of fused-ring (bicyclic) bond motifs is 1. The molecule has 1 aromatic heterocycles. The molecular weight excluding hydrogens is 386 g/mol. The van der Waals surface area contributed by atoms with Gasteiger partial charge in [-0.25, -0.2) is 15.3 Å². The Bertz CT molecular complexity index is 908. The van der Waals surface area contributed by atoms with Gasteiger partial charge in [0, 0.05) is 29.9 Å². The Labute approximate surface area is 167 Å². The van der Waals surface area contributed by atoms with Crippen LogP contribution in [-0.2, 0) is 11.4 Å². The molecule has 2 heterocycles. The molecule has 0 radical (unpaired) electrons. The van der Waals surface area contributed by atoms with Crippen LogP contribution in [0.2, 0.25) is 5.28 Å². The van der Waals surface area contributed by atoms with Gasteiger partial charge < -0.3 is 4.74 Å². The van der Waals surface area contributed by atoms with Crippen LogP contribution in [0, 0.1) is 0 Å². The summed E-state index contributed by atoms with van der Waals surface area (Å²) in [6.45, 7) is 4.57. The molecule has 1 N–H and O–H groups in total. The van der Waals surface area contributed by atoms with E-state index in [9.17, 15) is 9.59 Å². The van der Waals surface area contributed by atoms with E-state index in [4.69, 9.17) is 21.2 Å². The van der Waals surface area contributed by atoms with Crippen molar-refractivity contribution in [3.63, 3.8) is 0 Å². The Balaban J connectivity index is 2.01. The fraction of sp³-hybridized carbons (Fsp3) is 0.333. The Kier molecular flexibility index (Phi) is 5.96. The number of amides is 3. The molecule has 0 saturated heterocycles. The molecule has 9 nitrogen and oxygen atoms in total. The van der Waals surface area contributed by atoms with E-state index >= 15 is 0 Å². The van der Waals surface area contributed by atoms with E-state index in [0.29, 0.717) is 36.0 Å². The lowest BCUT2D eigenvalue weighted by atomic mass is 10.1. The molecule has 0 spiro atoms. The summed E-state index contributed by atoms with van der Waals surface area (Å²) in [6.07, 6.45) is 1.59. The number of halogens is 1. The number of hydroxylamine groups is 1. The fourth-order valence-electron chi connectivity index (χ4n) is 2.87. The van der Waals surface area contributed by atoms with Crippen molar-refractivity contribution in [2.75, 3.05) is 30.1 Å². The van der Waals surface area contributed by atoms with Gasteiger partial charge in [-0.2, -0.15) is 4.98 Å². The van der Waals surface area contributed by atoms with Gasteiger partial charge in [0.25, 0.3) is 5.91 Å². The number of nitrogens with one attached hydrogen (secondary N) is 1. The molecule has 0 fully saturated rings. The third kappa shape index (κ3) is 3.85. The molecule has 3 amide bonds. The number of hydrogen-bond acceptors (Lipinski definition) is 6. The van der Waals surface area contributed by atoms with Gasteiger partial charge in [-0.15, -0.1) is 0 Å². The Morgan fingerprint density at radius 1 is 1.32 bits per heavy atom. The maximum Gasteiger partial charge on any atom is 0.330 e. The van der Waals surface area contributed by atoms with Crippen molar-refractivity contribution in [1.29, 1.82) is 0 Å². The monoisotopic (exact) mass is 405 g/mol. The number of hydrogen-bond donors (Lipinski definition) is 1. The molecule has 0 aliphatic carbocycles. The van der Waals surface area contributed by atoms with Gasteiger partial charge in [-0.1, -0.05) is 0 Å². The van der Waals surface area contributed by atoms with E-state index in [0.717, 1.165) is 5.56 Å². The summed E-state index contributed by atoms with van der Waals surface area (Å²) in [5.74, 6) is 0.489. The topological polar surface area (TPSA) is 96.9 Å². The average molecular weight is 406 g/mol. The summed E-state index contributed by atoms with van der Waals surface area (Å²) in [5, 5.41) is 0.0784. The van der Waals surface area contributed by atoms with E-state index in [-0.39, 0.29) is 17.9 Å². The molecule has 10 heteroatoms. The highest BCUT2D eigenvalue weighted by Crippen LogP contribution is 2.33. The maximum atomic E-state index is 13.1. The minimum absolute atomic E-state index is 0.0784. The number of aromatic nitrogens is 2. The van der Waals surface area contributed by atoms with Crippen molar-refractivity contribution in [3.8, 4) is 5.75 Å². The van der Waals surface area contributed by atoms with E-state index < -0.39 is 5.91 Å². The quantitative estimate of drug-likeness (QED) is 0.586. The van der Waals surface area contributed by atoms with Crippen LogP contribution >= 0.6 is 11.6 Å². The lowest BCUT2D eigenvalue weighted by molar-refractivity contribution is 0.0364. The maximum absolute atomic E-state index is 13.1. The molecular formula is C18H20ClN5O4. The van der Waals surface area contributed by atoms with Crippen molar-refractivity contribution in [2.24, 2.45) is 0 Å². The Hall–Kier alpha value is -2.91. The number of benzene rings is 1. The zero-order valence-corrected chi connectivity index (χ0v) is 16.5. The second kappa shape index (κ2) is 8.41. The number of anilines is 2. The van der Waals surface area contributed by atoms with Gasteiger partial charge in [0.2, 0.25) is 5.28 Å². The minimum Gasteiger partial charge on any atom is -0.497 e. The second-order valence-corrected chi connectivity index (χ2v) is 6.22. The smallest absolute Gasteiger partial charge is 0.330 e. The first-order valence-corrected chi connectivity index (χ1v) is 9.07. The number of carbonyl (C=O) groups excluding carboxylic acids is 2. The third-order valence-corrected chi connectivity index (χ3v) is 4.37. The highest BCUT2D eigenvalue weighted by Gasteiger charge is 2.32. The van der Waals surface area contributed by atoms with Gasteiger partial charge in [-0.05, 0) is 37.6 Å². The standard InChI is InChI=1S/C18H20ClN5O4/c1-4-23-15-12(9-20-17(19)21-15)10-24(18(23)26)13-6-11(7-14(8-13)27-3)16(25)22-28-5-2/h6-9H,4-5,10H2,1-3H3,(H,22,25). The van der Waals surface area contributed by atoms with Crippen molar-refractivity contribution >= 4 is 35.0 Å². The molecule has 3 rings (SSSR count). The Morgan fingerprint density at radius 3 is 2.79 bits per heavy atom. The number of rotatable bonds is 6. The second-order valence-electron chi connectivity index (χ2n) is 5.88. The summed E-state index contributed by atoms with van der Waals surface area (Å²) >= 11 is 5.89. The van der Waals surface area contributed by atoms with Gasteiger partial charge in [0.05, 0.1) is 25.9 Å². The van der Waals surface area contributed by atoms with Crippen molar-refractivity contribution < 1.29 is 19.2 Å². The molecule has 148 valence electrons.